The Kier molecular flexibility index (Phi) is 3.39. The molecule has 3 nitrogen and oxygen atoms in total. The van der Waals surface area contributed by atoms with Gasteiger partial charge in [0.15, 0.2) is 0 Å². The molecule has 0 saturated heterocycles. The van der Waals surface area contributed by atoms with Crippen molar-refractivity contribution in [3.05, 3.63) is 53.3 Å². The van der Waals surface area contributed by atoms with Gasteiger partial charge in [-0.3, -0.25) is 0 Å². The van der Waals surface area contributed by atoms with Gasteiger partial charge in [-0.05, 0) is 23.8 Å². The van der Waals surface area contributed by atoms with Crippen LogP contribution < -0.4 is 5.73 Å². The highest BCUT2D eigenvalue weighted by atomic mass is 35.5. The third-order valence-electron chi connectivity index (χ3n) is 2.18. The zero-order chi connectivity index (χ0) is 11.4. The fourth-order valence-corrected chi connectivity index (χ4v) is 1.61. The van der Waals surface area contributed by atoms with E-state index in [2.05, 4.69) is 5.10 Å². The van der Waals surface area contributed by atoms with E-state index in [0.29, 0.717) is 11.7 Å². The second-order valence-corrected chi connectivity index (χ2v) is 3.68. The third kappa shape index (κ3) is 2.32. The van der Waals surface area contributed by atoms with Gasteiger partial charge in [0.1, 0.15) is 5.15 Å². The summed E-state index contributed by atoms with van der Waals surface area (Å²) in [5, 5.41) is 4.73. The zero-order valence-electron chi connectivity index (χ0n) is 8.68. The molecule has 0 saturated carbocycles. The highest BCUT2D eigenvalue weighted by Gasteiger charge is 2.00. The summed E-state index contributed by atoms with van der Waals surface area (Å²) in [5.74, 6) is 0. The summed E-state index contributed by atoms with van der Waals surface area (Å²) < 4.78 is 1.68. The molecule has 0 unspecified atom stereocenters. The van der Waals surface area contributed by atoms with Crippen LogP contribution in [-0.2, 0) is 0 Å². The summed E-state index contributed by atoms with van der Waals surface area (Å²) in [4.78, 5) is 0. The van der Waals surface area contributed by atoms with E-state index in [-0.39, 0.29) is 0 Å². The maximum absolute atomic E-state index is 5.97. The number of nitrogens with zero attached hydrogens (tertiary/aromatic N) is 2. The summed E-state index contributed by atoms with van der Waals surface area (Å²) in [5.41, 5.74) is 7.44. The first kappa shape index (κ1) is 10.9. The largest absolute Gasteiger partial charge is 0.327 e. The lowest BCUT2D eigenvalue weighted by atomic mass is 10.2. The number of halogens is 1. The SMILES string of the molecule is NC/C=C/c1ccc(-n2nccc2Cl)cc1. The van der Waals surface area contributed by atoms with Crippen molar-refractivity contribution in [1.29, 1.82) is 0 Å². The third-order valence-corrected chi connectivity index (χ3v) is 2.47. The molecule has 0 bridgehead atoms. The summed E-state index contributed by atoms with van der Waals surface area (Å²) in [6.45, 7) is 0.548. The number of benzene rings is 1. The average Bonchev–Trinajstić information content (AvgIpc) is 2.74. The van der Waals surface area contributed by atoms with Crippen LogP contribution in [0.2, 0.25) is 5.15 Å². The number of hydrogen-bond acceptors (Lipinski definition) is 2. The fraction of sp³-hybridized carbons (Fsp3) is 0.0833. The molecule has 0 fully saturated rings. The standard InChI is InChI=1S/C12H12ClN3/c13-12-7-9-15-16(12)11-5-3-10(4-6-11)2-1-8-14/h1-7,9H,8,14H2/b2-1+. The molecule has 0 aliphatic carbocycles. The lowest BCUT2D eigenvalue weighted by Gasteiger charge is -2.03. The average molecular weight is 234 g/mol. The topological polar surface area (TPSA) is 43.8 Å². The smallest absolute Gasteiger partial charge is 0.132 e. The van der Waals surface area contributed by atoms with Gasteiger partial charge >= 0.3 is 0 Å². The lowest BCUT2D eigenvalue weighted by Crippen LogP contribution is -1.95. The predicted molar refractivity (Wildman–Crippen MR) is 66.7 cm³/mol. The van der Waals surface area contributed by atoms with Gasteiger partial charge in [0.2, 0.25) is 0 Å². The first-order valence-electron chi connectivity index (χ1n) is 4.98. The van der Waals surface area contributed by atoms with Crippen LogP contribution in [0.4, 0.5) is 0 Å². The number of hydrogen-bond donors (Lipinski definition) is 1. The van der Waals surface area contributed by atoms with Gasteiger partial charge in [0.05, 0.1) is 11.9 Å². The summed E-state index contributed by atoms with van der Waals surface area (Å²) >= 11 is 5.97. The van der Waals surface area contributed by atoms with E-state index >= 15 is 0 Å². The van der Waals surface area contributed by atoms with Gasteiger partial charge in [-0.2, -0.15) is 5.10 Å². The van der Waals surface area contributed by atoms with E-state index in [4.69, 9.17) is 17.3 Å². The van der Waals surface area contributed by atoms with E-state index in [1.54, 1.807) is 16.9 Å². The van der Waals surface area contributed by atoms with Crippen molar-refractivity contribution in [2.24, 2.45) is 5.73 Å². The van der Waals surface area contributed by atoms with Crippen LogP contribution in [0.25, 0.3) is 11.8 Å². The number of rotatable bonds is 3. The number of nitrogens with two attached hydrogens (primary N) is 1. The van der Waals surface area contributed by atoms with Crippen molar-refractivity contribution >= 4 is 17.7 Å². The van der Waals surface area contributed by atoms with Crippen molar-refractivity contribution in [3.8, 4) is 5.69 Å². The van der Waals surface area contributed by atoms with E-state index in [1.165, 1.54) is 0 Å². The minimum absolute atomic E-state index is 0.548. The van der Waals surface area contributed by atoms with E-state index in [0.717, 1.165) is 11.3 Å². The maximum atomic E-state index is 5.97. The molecule has 0 spiro atoms. The minimum Gasteiger partial charge on any atom is -0.327 e. The Morgan fingerprint density at radius 2 is 2.00 bits per heavy atom. The maximum Gasteiger partial charge on any atom is 0.132 e. The quantitative estimate of drug-likeness (QED) is 0.885. The van der Waals surface area contributed by atoms with Crippen LogP contribution >= 0.6 is 11.6 Å². The van der Waals surface area contributed by atoms with Crippen molar-refractivity contribution in [2.45, 2.75) is 0 Å². The Bertz CT molecular complexity index is 485. The van der Waals surface area contributed by atoms with Crippen molar-refractivity contribution in [1.82, 2.24) is 9.78 Å². The van der Waals surface area contributed by atoms with Gasteiger partial charge in [-0.25, -0.2) is 4.68 Å². The Labute approximate surface area is 99.1 Å². The zero-order valence-corrected chi connectivity index (χ0v) is 9.43. The Balaban J connectivity index is 2.26. The van der Waals surface area contributed by atoms with Crippen LogP contribution in [0.15, 0.2) is 42.6 Å². The first-order valence-corrected chi connectivity index (χ1v) is 5.35. The molecule has 1 aromatic heterocycles. The Morgan fingerprint density at radius 3 is 2.56 bits per heavy atom. The molecular formula is C12H12ClN3. The van der Waals surface area contributed by atoms with E-state index in [1.807, 2.05) is 36.4 Å². The van der Waals surface area contributed by atoms with Gasteiger partial charge < -0.3 is 5.73 Å². The summed E-state index contributed by atoms with van der Waals surface area (Å²) in [7, 11) is 0. The van der Waals surface area contributed by atoms with Crippen molar-refractivity contribution in [3.63, 3.8) is 0 Å². The van der Waals surface area contributed by atoms with Gasteiger partial charge in [-0.1, -0.05) is 35.9 Å². The molecule has 0 aliphatic heterocycles. The molecule has 1 heterocycles. The number of aromatic nitrogens is 2. The second-order valence-electron chi connectivity index (χ2n) is 3.30. The van der Waals surface area contributed by atoms with Crippen LogP contribution in [0, 0.1) is 0 Å². The second kappa shape index (κ2) is 4.96. The van der Waals surface area contributed by atoms with E-state index < -0.39 is 0 Å². The normalized spacial score (nSPS) is 11.1. The Morgan fingerprint density at radius 1 is 1.25 bits per heavy atom. The van der Waals surface area contributed by atoms with Crippen LogP contribution in [0.1, 0.15) is 5.56 Å². The van der Waals surface area contributed by atoms with E-state index in [9.17, 15) is 0 Å². The molecule has 2 N–H and O–H groups in total. The van der Waals surface area contributed by atoms with Crippen LogP contribution in [0.5, 0.6) is 0 Å². The minimum atomic E-state index is 0.548. The molecule has 2 rings (SSSR count). The molecular weight excluding hydrogens is 222 g/mol. The molecule has 4 heteroatoms. The molecule has 82 valence electrons. The summed E-state index contributed by atoms with van der Waals surface area (Å²) in [6, 6.07) is 9.69. The Hall–Kier alpha value is -1.58. The van der Waals surface area contributed by atoms with Gasteiger partial charge in [0, 0.05) is 6.54 Å². The molecule has 0 atom stereocenters. The van der Waals surface area contributed by atoms with Crippen molar-refractivity contribution in [2.75, 3.05) is 6.54 Å². The van der Waals surface area contributed by atoms with Gasteiger partial charge in [0.25, 0.3) is 0 Å². The molecule has 1 aromatic carbocycles. The molecule has 0 radical (unpaired) electrons. The predicted octanol–water partition coefficient (Wildman–Crippen LogP) is 2.50. The highest BCUT2D eigenvalue weighted by Crippen LogP contribution is 2.15. The monoisotopic (exact) mass is 233 g/mol. The molecule has 16 heavy (non-hydrogen) atoms. The van der Waals surface area contributed by atoms with Crippen LogP contribution in [-0.4, -0.2) is 16.3 Å². The van der Waals surface area contributed by atoms with Crippen molar-refractivity contribution < 1.29 is 0 Å². The molecule has 0 amide bonds. The molecule has 0 aliphatic rings. The summed E-state index contributed by atoms with van der Waals surface area (Å²) in [6.07, 6.45) is 5.56. The van der Waals surface area contributed by atoms with Crippen LogP contribution in [0.3, 0.4) is 0 Å². The molecule has 2 aromatic rings. The highest BCUT2D eigenvalue weighted by molar-refractivity contribution is 6.29. The fourth-order valence-electron chi connectivity index (χ4n) is 1.41. The first-order chi connectivity index (χ1) is 7.81. The van der Waals surface area contributed by atoms with Gasteiger partial charge in [-0.15, -0.1) is 0 Å². The lowest BCUT2D eigenvalue weighted by molar-refractivity contribution is 0.881.